The Morgan fingerprint density at radius 3 is 1.38 bits per heavy atom. The lowest BCUT2D eigenvalue weighted by Crippen LogP contribution is -1.90. The minimum atomic E-state index is 0.991. The van der Waals surface area contributed by atoms with E-state index in [4.69, 9.17) is 0 Å². The molecule has 0 aliphatic heterocycles. The molecule has 2 nitrogen and oxygen atoms in total. The van der Waals surface area contributed by atoms with Crippen molar-refractivity contribution in [1.82, 2.24) is 9.97 Å². The Bertz CT molecular complexity index is 1270. The summed E-state index contributed by atoms with van der Waals surface area (Å²) in [5, 5.41) is 0. The van der Waals surface area contributed by atoms with Crippen LogP contribution in [0.3, 0.4) is 0 Å². The third-order valence-electron chi connectivity index (χ3n) is 5.76. The Balaban J connectivity index is 1.71. The van der Waals surface area contributed by atoms with E-state index in [0.717, 1.165) is 28.7 Å². The van der Waals surface area contributed by atoms with Crippen LogP contribution < -0.4 is 0 Å². The van der Waals surface area contributed by atoms with Crippen molar-refractivity contribution in [3.63, 3.8) is 0 Å². The minimum Gasteiger partial charge on any atom is -0.264 e. The summed E-state index contributed by atoms with van der Waals surface area (Å²) >= 11 is 0. The van der Waals surface area contributed by atoms with E-state index in [1.54, 1.807) is 0 Å². The summed E-state index contributed by atoms with van der Waals surface area (Å²) in [6, 6.07) is 32.4. The highest BCUT2D eigenvalue weighted by Crippen LogP contribution is 2.35. The highest BCUT2D eigenvalue weighted by Gasteiger charge is 2.10. The third-order valence-corrected chi connectivity index (χ3v) is 5.76. The Morgan fingerprint density at radius 1 is 0.469 bits per heavy atom. The summed E-state index contributed by atoms with van der Waals surface area (Å²) in [5.74, 6) is 0. The molecule has 0 spiro atoms. The molecule has 0 aliphatic rings. The largest absolute Gasteiger partial charge is 0.264 e. The first-order chi connectivity index (χ1) is 15.8. The highest BCUT2D eigenvalue weighted by atomic mass is 14.6. The summed E-state index contributed by atoms with van der Waals surface area (Å²) in [5.41, 5.74) is 10.7. The molecule has 154 valence electrons. The normalized spacial score (nSPS) is 10.8. The molecule has 0 radical (unpaired) electrons. The van der Waals surface area contributed by atoms with E-state index in [1.165, 1.54) is 27.8 Å². The zero-order valence-corrected chi connectivity index (χ0v) is 18.1. The molecule has 0 fully saturated rings. The molecule has 3 aromatic carbocycles. The predicted octanol–water partition coefficient (Wildman–Crippen LogP) is 7.71. The number of rotatable bonds is 5. The van der Waals surface area contributed by atoms with E-state index in [2.05, 4.69) is 95.8 Å². The van der Waals surface area contributed by atoms with Crippen LogP contribution in [0.4, 0.5) is 0 Å². The van der Waals surface area contributed by atoms with Gasteiger partial charge in [-0.3, -0.25) is 9.97 Å². The lowest BCUT2D eigenvalue weighted by Gasteiger charge is -2.13. The van der Waals surface area contributed by atoms with Crippen molar-refractivity contribution in [2.24, 2.45) is 0 Å². The van der Waals surface area contributed by atoms with E-state index in [-0.39, 0.29) is 0 Å². The Labute approximate surface area is 189 Å². The van der Waals surface area contributed by atoms with Crippen LogP contribution in [-0.2, 0) is 6.42 Å². The van der Waals surface area contributed by atoms with Gasteiger partial charge in [0.25, 0.3) is 0 Å². The van der Waals surface area contributed by atoms with Crippen molar-refractivity contribution in [3.05, 3.63) is 121 Å². The second-order valence-electron chi connectivity index (χ2n) is 7.92. The molecule has 0 bridgehead atoms. The number of aromatic nitrogens is 2. The Kier molecular flexibility index (Phi) is 5.59. The number of aryl methyl sites for hydroxylation is 1. The van der Waals surface area contributed by atoms with Crippen molar-refractivity contribution >= 4 is 0 Å². The molecule has 0 amide bonds. The zero-order valence-electron chi connectivity index (χ0n) is 18.1. The van der Waals surface area contributed by atoms with Gasteiger partial charge in [-0.15, -0.1) is 0 Å². The zero-order chi connectivity index (χ0) is 21.8. The van der Waals surface area contributed by atoms with Crippen LogP contribution in [0, 0.1) is 0 Å². The lowest BCUT2D eigenvalue weighted by atomic mass is 9.91. The monoisotopic (exact) mass is 412 g/mol. The molecule has 2 aromatic heterocycles. The van der Waals surface area contributed by atoms with Gasteiger partial charge in [0.1, 0.15) is 0 Å². The lowest BCUT2D eigenvalue weighted by molar-refractivity contribution is 1.14. The minimum absolute atomic E-state index is 0.991. The second kappa shape index (κ2) is 8.99. The summed E-state index contributed by atoms with van der Waals surface area (Å²) in [6.07, 6.45) is 8.46. The van der Waals surface area contributed by atoms with Gasteiger partial charge in [-0.05, 0) is 81.8 Å². The van der Waals surface area contributed by atoms with Gasteiger partial charge in [0.2, 0.25) is 0 Å². The maximum absolute atomic E-state index is 4.33. The van der Waals surface area contributed by atoms with Crippen LogP contribution in [0.15, 0.2) is 116 Å². The maximum atomic E-state index is 4.33. The SMILES string of the molecule is CCc1cc(-c2ccccc2)cc(-c2cc(-c3cccnc3)cc(-c3cccnc3)c2)c1. The highest BCUT2D eigenvalue weighted by molar-refractivity contribution is 5.82. The number of hydrogen-bond donors (Lipinski definition) is 0. The molecule has 0 unspecified atom stereocenters. The number of benzene rings is 3. The summed E-state index contributed by atoms with van der Waals surface area (Å²) in [7, 11) is 0. The van der Waals surface area contributed by atoms with E-state index in [1.807, 2.05) is 36.9 Å². The summed E-state index contributed by atoms with van der Waals surface area (Å²) in [6.45, 7) is 2.21. The van der Waals surface area contributed by atoms with Gasteiger partial charge in [0, 0.05) is 35.9 Å². The summed E-state index contributed by atoms with van der Waals surface area (Å²) < 4.78 is 0. The number of hydrogen-bond acceptors (Lipinski definition) is 2. The maximum Gasteiger partial charge on any atom is 0.0346 e. The fourth-order valence-corrected chi connectivity index (χ4v) is 4.05. The van der Waals surface area contributed by atoms with Crippen LogP contribution in [0.25, 0.3) is 44.5 Å². The van der Waals surface area contributed by atoms with Crippen LogP contribution in [0.1, 0.15) is 12.5 Å². The van der Waals surface area contributed by atoms with Crippen molar-refractivity contribution in [1.29, 1.82) is 0 Å². The number of nitrogens with zero attached hydrogens (tertiary/aromatic N) is 2. The van der Waals surface area contributed by atoms with Gasteiger partial charge in [-0.1, -0.05) is 61.5 Å². The third kappa shape index (κ3) is 4.21. The molecule has 0 saturated heterocycles. The first-order valence-corrected chi connectivity index (χ1v) is 11.0. The fourth-order valence-electron chi connectivity index (χ4n) is 4.05. The smallest absolute Gasteiger partial charge is 0.0346 e. The molecule has 2 heterocycles. The Hall–Kier alpha value is -4.04. The molecule has 0 atom stereocenters. The van der Waals surface area contributed by atoms with Crippen molar-refractivity contribution in [3.8, 4) is 44.5 Å². The molecule has 0 aliphatic carbocycles. The molecule has 5 rings (SSSR count). The Morgan fingerprint density at radius 2 is 0.906 bits per heavy atom. The first-order valence-electron chi connectivity index (χ1n) is 11.0. The van der Waals surface area contributed by atoms with Crippen molar-refractivity contribution < 1.29 is 0 Å². The molecule has 32 heavy (non-hydrogen) atoms. The topological polar surface area (TPSA) is 25.8 Å². The van der Waals surface area contributed by atoms with Gasteiger partial charge >= 0.3 is 0 Å². The number of pyridine rings is 2. The van der Waals surface area contributed by atoms with Gasteiger partial charge in [-0.2, -0.15) is 0 Å². The van der Waals surface area contributed by atoms with E-state index < -0.39 is 0 Å². The molecule has 5 aromatic rings. The predicted molar refractivity (Wildman–Crippen MR) is 133 cm³/mol. The molecule has 0 saturated carbocycles. The van der Waals surface area contributed by atoms with E-state index in [9.17, 15) is 0 Å². The van der Waals surface area contributed by atoms with Crippen LogP contribution in [0.2, 0.25) is 0 Å². The van der Waals surface area contributed by atoms with Gasteiger partial charge in [-0.25, -0.2) is 0 Å². The molecule has 2 heteroatoms. The van der Waals surface area contributed by atoms with Crippen LogP contribution in [-0.4, -0.2) is 9.97 Å². The van der Waals surface area contributed by atoms with E-state index >= 15 is 0 Å². The van der Waals surface area contributed by atoms with Crippen molar-refractivity contribution in [2.75, 3.05) is 0 Å². The van der Waals surface area contributed by atoms with Gasteiger partial charge in [0.05, 0.1) is 0 Å². The van der Waals surface area contributed by atoms with Crippen LogP contribution >= 0.6 is 0 Å². The molecular formula is C30H24N2. The summed E-state index contributed by atoms with van der Waals surface area (Å²) in [4.78, 5) is 8.67. The van der Waals surface area contributed by atoms with Gasteiger partial charge in [0.15, 0.2) is 0 Å². The first kappa shape index (κ1) is 19.9. The van der Waals surface area contributed by atoms with Crippen molar-refractivity contribution in [2.45, 2.75) is 13.3 Å². The quantitative estimate of drug-likeness (QED) is 0.295. The van der Waals surface area contributed by atoms with E-state index in [0.29, 0.717) is 0 Å². The average molecular weight is 413 g/mol. The second-order valence-corrected chi connectivity index (χ2v) is 7.92. The fraction of sp³-hybridized carbons (Fsp3) is 0.0667. The average Bonchev–Trinajstić information content (AvgIpc) is 2.89. The molecular weight excluding hydrogens is 388 g/mol. The molecule has 0 N–H and O–H groups in total. The standard InChI is InChI=1S/C30H24N2/c1-2-22-14-26(23-8-4-3-5-9-23)16-27(15-22)30-18-28(24-10-6-12-31-20-24)17-29(19-30)25-11-7-13-32-21-25/h3-21H,2H2,1H3. The van der Waals surface area contributed by atoms with Gasteiger partial charge < -0.3 is 0 Å². The van der Waals surface area contributed by atoms with Crippen LogP contribution in [0.5, 0.6) is 0 Å².